The van der Waals surface area contributed by atoms with Crippen LogP contribution in [0.2, 0.25) is 0 Å². The molecule has 2 fully saturated rings. The maximum Gasteiger partial charge on any atom is 0.225 e. The van der Waals surface area contributed by atoms with Gasteiger partial charge in [-0.2, -0.15) is 9.97 Å². The molecule has 2 aliphatic rings. The van der Waals surface area contributed by atoms with Crippen LogP contribution in [0.1, 0.15) is 75.4 Å². The van der Waals surface area contributed by atoms with Crippen LogP contribution in [0.3, 0.4) is 0 Å². The molecule has 0 bridgehead atoms. The summed E-state index contributed by atoms with van der Waals surface area (Å²) in [7, 11) is 1.65. The number of aromatic nitrogens is 2. The van der Waals surface area contributed by atoms with Crippen LogP contribution in [0, 0.1) is 0 Å². The number of hydrogen-bond acceptors (Lipinski definition) is 6. The number of carbonyl (C=O) groups excluding carboxylic acids is 1. The van der Waals surface area contributed by atoms with Gasteiger partial charge in [0.1, 0.15) is 5.82 Å². The monoisotopic (exact) mass is 438 g/mol. The summed E-state index contributed by atoms with van der Waals surface area (Å²) in [5.41, 5.74) is 1.98. The van der Waals surface area contributed by atoms with Gasteiger partial charge in [0, 0.05) is 32.0 Å². The van der Waals surface area contributed by atoms with Gasteiger partial charge in [0.05, 0.1) is 24.8 Å². The summed E-state index contributed by atoms with van der Waals surface area (Å²) in [5.74, 6) is 2.48. The highest BCUT2D eigenvalue weighted by molar-refractivity contribution is 5.74. The molecule has 2 atom stereocenters. The molecule has 7 heteroatoms. The van der Waals surface area contributed by atoms with E-state index in [2.05, 4.69) is 22.4 Å². The van der Waals surface area contributed by atoms with Crippen LogP contribution in [0.5, 0.6) is 11.8 Å². The van der Waals surface area contributed by atoms with Gasteiger partial charge >= 0.3 is 0 Å². The number of hydrogen-bond donors (Lipinski definition) is 1. The Hall–Kier alpha value is -2.67. The van der Waals surface area contributed by atoms with Gasteiger partial charge < -0.3 is 19.7 Å². The summed E-state index contributed by atoms with van der Waals surface area (Å²) in [6.07, 6.45) is 4.17. The second-order valence-electron chi connectivity index (χ2n) is 9.01. The Kier molecular flexibility index (Phi) is 6.94. The molecule has 0 unspecified atom stereocenters. The number of carbonyl (C=O) groups is 1. The molecule has 4 rings (SSSR count). The minimum absolute atomic E-state index is 0.000335. The summed E-state index contributed by atoms with van der Waals surface area (Å²) in [6.45, 7) is 6.94. The Bertz CT molecular complexity index is 930. The molecule has 2 aromatic rings. The van der Waals surface area contributed by atoms with Gasteiger partial charge in [-0.15, -0.1) is 0 Å². The van der Waals surface area contributed by atoms with E-state index in [9.17, 15) is 4.79 Å². The quantitative estimate of drug-likeness (QED) is 0.672. The summed E-state index contributed by atoms with van der Waals surface area (Å²) in [5, 5.41) is 3.69. The van der Waals surface area contributed by atoms with Crippen molar-refractivity contribution < 1.29 is 14.3 Å². The molecule has 7 nitrogen and oxygen atoms in total. The molecule has 1 aliphatic heterocycles. The third kappa shape index (κ3) is 5.04. The maximum atomic E-state index is 12.4. The molecule has 2 heterocycles. The van der Waals surface area contributed by atoms with E-state index in [1.54, 1.807) is 14.0 Å². The zero-order valence-corrected chi connectivity index (χ0v) is 19.5. The molecule has 1 N–H and O–H groups in total. The number of piperidine rings is 1. The van der Waals surface area contributed by atoms with Crippen molar-refractivity contribution in [2.45, 2.75) is 77.1 Å². The lowest BCUT2D eigenvalue weighted by atomic mass is 9.90. The summed E-state index contributed by atoms with van der Waals surface area (Å²) in [6, 6.07) is 10.4. The third-order valence-corrected chi connectivity index (χ3v) is 6.15. The Morgan fingerprint density at radius 3 is 2.50 bits per heavy atom. The lowest BCUT2D eigenvalue weighted by Gasteiger charge is -2.41. The SMILES string of the molecule is COc1nc(C2CC2)nc(OC(C)C)c1CN[C@H]1CCCN(C(C)=O)[C@H]1c1ccccc1. The van der Waals surface area contributed by atoms with Gasteiger partial charge in [0.2, 0.25) is 17.7 Å². The average Bonchev–Trinajstić information content (AvgIpc) is 3.63. The van der Waals surface area contributed by atoms with E-state index >= 15 is 0 Å². The van der Waals surface area contributed by atoms with E-state index in [-0.39, 0.29) is 24.1 Å². The van der Waals surface area contributed by atoms with Crippen LogP contribution in [0.15, 0.2) is 30.3 Å². The number of methoxy groups -OCH3 is 1. The summed E-state index contributed by atoms with van der Waals surface area (Å²) in [4.78, 5) is 23.8. The second-order valence-corrected chi connectivity index (χ2v) is 9.01. The van der Waals surface area contributed by atoms with E-state index in [0.717, 1.165) is 49.2 Å². The smallest absolute Gasteiger partial charge is 0.225 e. The van der Waals surface area contributed by atoms with Crippen LogP contribution < -0.4 is 14.8 Å². The minimum Gasteiger partial charge on any atom is -0.481 e. The van der Waals surface area contributed by atoms with Gasteiger partial charge in [0.15, 0.2) is 0 Å². The molecular formula is C25H34N4O3. The standard InChI is InChI=1S/C25H34N4O3/c1-16(2)32-25-20(24(31-4)27-23(28-25)19-12-13-19)15-26-21-11-8-14-29(17(3)30)22(21)18-9-6-5-7-10-18/h5-7,9-10,16,19,21-22,26H,8,11-15H2,1-4H3/t21-,22-/m0/s1. The molecule has 1 aliphatic carbocycles. The summed E-state index contributed by atoms with van der Waals surface area (Å²) >= 11 is 0. The molecule has 1 amide bonds. The molecule has 32 heavy (non-hydrogen) atoms. The van der Waals surface area contributed by atoms with Gasteiger partial charge in [-0.25, -0.2) is 0 Å². The first-order valence-electron chi connectivity index (χ1n) is 11.6. The normalized spacial score (nSPS) is 21.0. The molecule has 1 saturated heterocycles. The van der Waals surface area contributed by atoms with Crippen LogP contribution >= 0.6 is 0 Å². The van der Waals surface area contributed by atoms with Gasteiger partial charge in [-0.1, -0.05) is 30.3 Å². The predicted molar refractivity (Wildman–Crippen MR) is 123 cm³/mol. The van der Waals surface area contributed by atoms with E-state index in [1.807, 2.05) is 36.9 Å². The van der Waals surface area contributed by atoms with Crippen molar-refractivity contribution in [3.05, 3.63) is 47.3 Å². The highest BCUT2D eigenvalue weighted by atomic mass is 16.5. The van der Waals surface area contributed by atoms with E-state index in [0.29, 0.717) is 24.2 Å². The zero-order chi connectivity index (χ0) is 22.7. The van der Waals surface area contributed by atoms with Crippen molar-refractivity contribution in [3.63, 3.8) is 0 Å². The third-order valence-electron chi connectivity index (χ3n) is 6.15. The Balaban J connectivity index is 1.61. The number of likely N-dealkylation sites (tertiary alicyclic amines) is 1. The highest BCUT2D eigenvalue weighted by Crippen LogP contribution is 2.41. The molecule has 0 radical (unpaired) electrons. The number of ether oxygens (including phenoxy) is 2. The summed E-state index contributed by atoms with van der Waals surface area (Å²) < 4.78 is 11.7. The first kappa shape index (κ1) is 22.5. The fourth-order valence-electron chi connectivity index (χ4n) is 4.48. The fourth-order valence-corrected chi connectivity index (χ4v) is 4.48. The van der Waals surface area contributed by atoms with Crippen molar-refractivity contribution >= 4 is 5.91 Å². The second kappa shape index (κ2) is 9.86. The fraction of sp³-hybridized carbons (Fsp3) is 0.560. The first-order chi connectivity index (χ1) is 15.5. The lowest BCUT2D eigenvalue weighted by Crippen LogP contribution is -2.49. The van der Waals surface area contributed by atoms with Crippen molar-refractivity contribution in [1.29, 1.82) is 0 Å². The predicted octanol–water partition coefficient (Wildman–Crippen LogP) is 3.99. The number of benzene rings is 1. The van der Waals surface area contributed by atoms with Crippen molar-refractivity contribution in [2.75, 3.05) is 13.7 Å². The van der Waals surface area contributed by atoms with E-state index in [4.69, 9.17) is 14.5 Å². The largest absolute Gasteiger partial charge is 0.481 e. The molecule has 1 aromatic heterocycles. The van der Waals surface area contributed by atoms with E-state index < -0.39 is 0 Å². The number of nitrogens with one attached hydrogen (secondary N) is 1. The van der Waals surface area contributed by atoms with Crippen LogP contribution in [-0.2, 0) is 11.3 Å². The zero-order valence-electron chi connectivity index (χ0n) is 19.5. The topological polar surface area (TPSA) is 76.6 Å². The first-order valence-corrected chi connectivity index (χ1v) is 11.6. The maximum absolute atomic E-state index is 12.4. The van der Waals surface area contributed by atoms with Crippen LogP contribution in [-0.4, -0.2) is 46.6 Å². The molecule has 1 aromatic carbocycles. The number of amides is 1. The van der Waals surface area contributed by atoms with Crippen molar-refractivity contribution in [3.8, 4) is 11.8 Å². The Morgan fingerprint density at radius 1 is 1.16 bits per heavy atom. The van der Waals surface area contributed by atoms with E-state index in [1.165, 1.54) is 0 Å². The molecule has 1 saturated carbocycles. The van der Waals surface area contributed by atoms with Crippen molar-refractivity contribution in [1.82, 2.24) is 20.2 Å². The van der Waals surface area contributed by atoms with Gasteiger partial charge in [0.25, 0.3) is 0 Å². The van der Waals surface area contributed by atoms with Crippen molar-refractivity contribution in [2.24, 2.45) is 0 Å². The van der Waals surface area contributed by atoms with Gasteiger partial charge in [-0.3, -0.25) is 4.79 Å². The highest BCUT2D eigenvalue weighted by Gasteiger charge is 2.35. The Morgan fingerprint density at radius 2 is 1.88 bits per heavy atom. The van der Waals surface area contributed by atoms with Crippen LogP contribution in [0.4, 0.5) is 0 Å². The Labute approximate surface area is 190 Å². The van der Waals surface area contributed by atoms with Crippen LogP contribution in [0.25, 0.3) is 0 Å². The average molecular weight is 439 g/mol. The molecule has 0 spiro atoms. The number of nitrogens with zero attached hydrogens (tertiary/aromatic N) is 3. The number of rotatable bonds is 8. The molecular weight excluding hydrogens is 404 g/mol. The van der Waals surface area contributed by atoms with Gasteiger partial charge in [-0.05, 0) is 45.1 Å². The minimum atomic E-state index is -0.0189. The lowest BCUT2D eigenvalue weighted by molar-refractivity contribution is -0.133. The molecule has 172 valence electrons.